The molecule has 2 rings (SSSR count). The minimum Gasteiger partial charge on any atom is -0.376 e. The van der Waals surface area contributed by atoms with Gasteiger partial charge in [0.25, 0.3) is 0 Å². The Kier molecular flexibility index (Phi) is 3.28. The van der Waals surface area contributed by atoms with Gasteiger partial charge in [-0.25, -0.2) is 5.43 Å². The van der Waals surface area contributed by atoms with Crippen molar-refractivity contribution in [3.8, 4) is 0 Å². The van der Waals surface area contributed by atoms with E-state index in [9.17, 15) is 0 Å². The highest BCUT2D eigenvalue weighted by atomic mass is 16.5. The van der Waals surface area contributed by atoms with Crippen molar-refractivity contribution in [1.29, 1.82) is 0 Å². The zero-order chi connectivity index (χ0) is 11.6. The maximum absolute atomic E-state index is 5.74. The first-order valence-electron chi connectivity index (χ1n) is 5.72. The summed E-state index contributed by atoms with van der Waals surface area (Å²) in [4.78, 5) is 0. The number of methoxy groups -OCH3 is 1. The predicted octanol–water partition coefficient (Wildman–Crippen LogP) is 0.884. The van der Waals surface area contributed by atoms with Gasteiger partial charge in [0.05, 0.1) is 17.8 Å². The molecule has 1 fully saturated rings. The highest BCUT2D eigenvalue weighted by Gasteiger charge is 2.42. The van der Waals surface area contributed by atoms with Crippen LogP contribution in [0.4, 0.5) is 0 Å². The van der Waals surface area contributed by atoms with Gasteiger partial charge in [0, 0.05) is 25.9 Å². The van der Waals surface area contributed by atoms with Crippen molar-refractivity contribution < 1.29 is 4.74 Å². The Morgan fingerprint density at radius 1 is 1.56 bits per heavy atom. The average Bonchev–Trinajstić information content (AvgIpc) is 2.90. The van der Waals surface area contributed by atoms with Crippen LogP contribution in [0.3, 0.4) is 0 Å². The van der Waals surface area contributed by atoms with Crippen LogP contribution in [0.1, 0.15) is 37.3 Å². The highest BCUT2D eigenvalue weighted by molar-refractivity contribution is 5.17. The van der Waals surface area contributed by atoms with E-state index in [4.69, 9.17) is 10.6 Å². The standard InChI is InChI=1S/C11H20N4O/c1-15-8-9(7-13-15)10(14-12)11(16-2)5-3-4-6-11/h7-8,10,14H,3-6,12H2,1-2H3. The van der Waals surface area contributed by atoms with Crippen molar-refractivity contribution >= 4 is 0 Å². The molecular formula is C11H20N4O. The molecule has 1 saturated carbocycles. The summed E-state index contributed by atoms with van der Waals surface area (Å²) < 4.78 is 7.53. The van der Waals surface area contributed by atoms with Crippen LogP contribution in [0, 0.1) is 0 Å². The number of nitrogens with zero attached hydrogens (tertiary/aromatic N) is 2. The van der Waals surface area contributed by atoms with E-state index in [1.807, 2.05) is 19.4 Å². The van der Waals surface area contributed by atoms with E-state index >= 15 is 0 Å². The molecule has 1 aliphatic rings. The Balaban J connectivity index is 2.27. The second-order valence-electron chi connectivity index (χ2n) is 4.52. The number of hydrogen-bond donors (Lipinski definition) is 2. The summed E-state index contributed by atoms with van der Waals surface area (Å²) in [6.45, 7) is 0. The first kappa shape index (κ1) is 11.6. The largest absolute Gasteiger partial charge is 0.376 e. The molecule has 0 radical (unpaired) electrons. The van der Waals surface area contributed by atoms with Crippen molar-refractivity contribution in [2.45, 2.75) is 37.3 Å². The van der Waals surface area contributed by atoms with E-state index in [0.29, 0.717) is 0 Å². The van der Waals surface area contributed by atoms with Gasteiger partial charge >= 0.3 is 0 Å². The molecule has 0 bridgehead atoms. The summed E-state index contributed by atoms with van der Waals surface area (Å²) in [5, 5.41) is 4.19. The lowest BCUT2D eigenvalue weighted by atomic mass is 9.88. The number of hydrazine groups is 1. The number of ether oxygens (including phenoxy) is 1. The third-order valence-electron chi connectivity index (χ3n) is 3.61. The Morgan fingerprint density at radius 2 is 2.25 bits per heavy atom. The molecule has 0 aliphatic heterocycles. The van der Waals surface area contributed by atoms with Gasteiger partial charge in [-0.15, -0.1) is 0 Å². The first-order chi connectivity index (χ1) is 7.72. The van der Waals surface area contributed by atoms with Gasteiger partial charge in [0.15, 0.2) is 0 Å². The molecule has 16 heavy (non-hydrogen) atoms. The number of nitrogens with one attached hydrogen (secondary N) is 1. The second-order valence-corrected chi connectivity index (χ2v) is 4.52. The van der Waals surface area contributed by atoms with Crippen molar-refractivity contribution in [3.05, 3.63) is 18.0 Å². The fourth-order valence-corrected chi connectivity index (χ4v) is 2.73. The fourth-order valence-electron chi connectivity index (χ4n) is 2.73. The first-order valence-corrected chi connectivity index (χ1v) is 5.72. The van der Waals surface area contributed by atoms with Crippen LogP contribution in [-0.4, -0.2) is 22.5 Å². The molecule has 1 aromatic heterocycles. The van der Waals surface area contributed by atoms with Crippen LogP contribution < -0.4 is 11.3 Å². The molecule has 0 aromatic carbocycles. The Bertz CT molecular complexity index is 344. The van der Waals surface area contributed by atoms with Gasteiger partial charge < -0.3 is 4.74 Å². The van der Waals surface area contributed by atoms with E-state index < -0.39 is 0 Å². The van der Waals surface area contributed by atoms with Crippen molar-refractivity contribution in [2.24, 2.45) is 12.9 Å². The number of nitrogens with two attached hydrogens (primary N) is 1. The quantitative estimate of drug-likeness (QED) is 0.588. The van der Waals surface area contributed by atoms with E-state index in [1.165, 1.54) is 12.8 Å². The maximum Gasteiger partial charge on any atom is 0.0886 e. The predicted molar refractivity (Wildman–Crippen MR) is 61.5 cm³/mol. The highest BCUT2D eigenvalue weighted by Crippen LogP contribution is 2.41. The third kappa shape index (κ3) is 1.86. The smallest absolute Gasteiger partial charge is 0.0886 e. The van der Waals surface area contributed by atoms with E-state index in [1.54, 1.807) is 11.8 Å². The van der Waals surface area contributed by atoms with E-state index in [-0.39, 0.29) is 11.6 Å². The van der Waals surface area contributed by atoms with Crippen molar-refractivity contribution in [3.63, 3.8) is 0 Å². The zero-order valence-electron chi connectivity index (χ0n) is 9.94. The van der Waals surface area contributed by atoms with E-state index in [2.05, 4.69) is 10.5 Å². The van der Waals surface area contributed by atoms with Gasteiger partial charge in [0.1, 0.15) is 0 Å². The molecule has 1 unspecified atom stereocenters. The molecule has 3 N–H and O–H groups in total. The van der Waals surface area contributed by atoms with Crippen LogP contribution in [0.25, 0.3) is 0 Å². The molecule has 1 heterocycles. The topological polar surface area (TPSA) is 65.1 Å². The molecular weight excluding hydrogens is 204 g/mol. The summed E-state index contributed by atoms with van der Waals surface area (Å²) >= 11 is 0. The van der Waals surface area contributed by atoms with Gasteiger partial charge in [-0.3, -0.25) is 10.5 Å². The molecule has 1 aliphatic carbocycles. The zero-order valence-corrected chi connectivity index (χ0v) is 9.94. The second kappa shape index (κ2) is 4.53. The monoisotopic (exact) mass is 224 g/mol. The van der Waals surface area contributed by atoms with Crippen LogP contribution >= 0.6 is 0 Å². The molecule has 0 spiro atoms. The van der Waals surface area contributed by atoms with Gasteiger partial charge in [-0.1, -0.05) is 12.8 Å². The number of rotatable bonds is 4. The summed E-state index contributed by atoms with van der Waals surface area (Å²) in [6, 6.07) is 0.0219. The average molecular weight is 224 g/mol. The molecule has 0 amide bonds. The van der Waals surface area contributed by atoms with Crippen LogP contribution in [0.2, 0.25) is 0 Å². The molecule has 5 heteroatoms. The van der Waals surface area contributed by atoms with Crippen molar-refractivity contribution in [1.82, 2.24) is 15.2 Å². The fraction of sp³-hybridized carbons (Fsp3) is 0.727. The Morgan fingerprint density at radius 3 is 2.69 bits per heavy atom. The SMILES string of the molecule is COC1(C(NN)c2cnn(C)c2)CCCC1. The minimum absolute atomic E-state index is 0.0219. The van der Waals surface area contributed by atoms with Crippen molar-refractivity contribution in [2.75, 3.05) is 7.11 Å². The number of aromatic nitrogens is 2. The Hall–Kier alpha value is -0.910. The van der Waals surface area contributed by atoms with Gasteiger partial charge in [-0.2, -0.15) is 5.10 Å². The molecule has 0 saturated heterocycles. The van der Waals surface area contributed by atoms with Crippen LogP contribution in [0.5, 0.6) is 0 Å². The van der Waals surface area contributed by atoms with Gasteiger partial charge in [-0.05, 0) is 12.8 Å². The van der Waals surface area contributed by atoms with Crippen LogP contribution in [0.15, 0.2) is 12.4 Å². The number of hydrogen-bond acceptors (Lipinski definition) is 4. The van der Waals surface area contributed by atoms with E-state index in [0.717, 1.165) is 18.4 Å². The molecule has 5 nitrogen and oxygen atoms in total. The maximum atomic E-state index is 5.74. The Labute approximate surface area is 95.9 Å². The van der Waals surface area contributed by atoms with Gasteiger partial charge in [0.2, 0.25) is 0 Å². The molecule has 1 atom stereocenters. The summed E-state index contributed by atoms with van der Waals surface area (Å²) in [7, 11) is 3.68. The normalized spacial score (nSPS) is 21.2. The summed E-state index contributed by atoms with van der Waals surface area (Å²) in [6.07, 6.45) is 8.34. The molecule has 90 valence electrons. The van der Waals surface area contributed by atoms with Crippen LogP contribution in [-0.2, 0) is 11.8 Å². The lowest BCUT2D eigenvalue weighted by molar-refractivity contribution is -0.0368. The lowest BCUT2D eigenvalue weighted by Crippen LogP contribution is -2.46. The minimum atomic E-state index is -0.169. The molecule has 1 aromatic rings. The lowest BCUT2D eigenvalue weighted by Gasteiger charge is -2.35. The third-order valence-corrected chi connectivity index (χ3v) is 3.61. The summed E-state index contributed by atoms with van der Waals surface area (Å²) in [5.41, 5.74) is 3.81. The summed E-state index contributed by atoms with van der Waals surface area (Å²) in [5.74, 6) is 5.69. The number of aryl methyl sites for hydroxylation is 1.